The highest BCUT2D eigenvalue weighted by molar-refractivity contribution is 7.92. The Hall–Kier alpha value is -2.48. The lowest BCUT2D eigenvalue weighted by Crippen LogP contribution is -2.37. The van der Waals surface area contributed by atoms with E-state index >= 15 is 0 Å². The van der Waals surface area contributed by atoms with Crippen LogP contribution >= 0.6 is 0 Å². The zero-order chi connectivity index (χ0) is 20.5. The van der Waals surface area contributed by atoms with Crippen LogP contribution in [0.1, 0.15) is 25.3 Å². The predicted molar refractivity (Wildman–Crippen MR) is 105 cm³/mol. The molecular formula is C20H22F2N2O3S. The van der Waals surface area contributed by atoms with Gasteiger partial charge in [-0.1, -0.05) is 18.2 Å². The highest BCUT2D eigenvalue weighted by atomic mass is 32.2. The molecule has 0 N–H and O–H groups in total. The Morgan fingerprint density at radius 3 is 2.57 bits per heavy atom. The number of fused-ring (bicyclic) bond motifs is 1. The van der Waals surface area contributed by atoms with Gasteiger partial charge in [-0.05, 0) is 43.5 Å². The van der Waals surface area contributed by atoms with Crippen LogP contribution in [0.25, 0.3) is 0 Å². The summed E-state index contributed by atoms with van der Waals surface area (Å²) < 4.78 is 51.8. The Labute approximate surface area is 163 Å². The number of hydrogen-bond acceptors (Lipinski definition) is 3. The standard InChI is InChI=1S/C20H22F2N2O3S/c1-14-12-15-6-3-4-7-19(15)24(14)20(25)8-5-11-23(28(2,26)27)16-9-10-17(21)18(22)13-16/h3-4,6-7,9-10,13-14H,5,8,11-12H2,1-2H3. The summed E-state index contributed by atoms with van der Waals surface area (Å²) >= 11 is 0. The van der Waals surface area contributed by atoms with Gasteiger partial charge in [-0.25, -0.2) is 17.2 Å². The van der Waals surface area contributed by atoms with Crippen LogP contribution in [-0.2, 0) is 21.2 Å². The number of rotatable bonds is 6. The average Bonchev–Trinajstić information content (AvgIpc) is 2.96. The molecule has 3 rings (SSSR count). The van der Waals surface area contributed by atoms with Crippen LogP contribution in [0.3, 0.4) is 0 Å². The SMILES string of the molecule is CC1Cc2ccccc2N1C(=O)CCCN(c1ccc(F)c(F)c1)S(C)(=O)=O. The summed E-state index contributed by atoms with van der Waals surface area (Å²) in [5, 5.41) is 0. The third-order valence-corrected chi connectivity index (χ3v) is 6.01. The number of nitrogens with zero attached hydrogens (tertiary/aromatic N) is 2. The summed E-state index contributed by atoms with van der Waals surface area (Å²) in [6.07, 6.45) is 2.19. The predicted octanol–water partition coefficient (Wildman–Crippen LogP) is 3.49. The van der Waals surface area contributed by atoms with E-state index in [0.717, 1.165) is 40.4 Å². The van der Waals surface area contributed by atoms with Crippen LogP contribution in [0.2, 0.25) is 0 Å². The molecule has 0 bridgehead atoms. The van der Waals surface area contributed by atoms with E-state index in [9.17, 15) is 22.0 Å². The molecule has 0 saturated heterocycles. The van der Waals surface area contributed by atoms with Crippen LogP contribution in [-0.4, -0.2) is 33.2 Å². The first-order valence-corrected chi connectivity index (χ1v) is 10.9. The number of sulfonamides is 1. The van der Waals surface area contributed by atoms with Gasteiger partial charge < -0.3 is 4.90 Å². The molecule has 0 aromatic heterocycles. The van der Waals surface area contributed by atoms with E-state index in [1.807, 2.05) is 31.2 Å². The number of carbonyl (C=O) groups excluding carboxylic acids is 1. The first-order valence-electron chi connectivity index (χ1n) is 9.01. The molecular weight excluding hydrogens is 386 g/mol. The van der Waals surface area contributed by atoms with Crippen molar-refractivity contribution >= 4 is 27.3 Å². The van der Waals surface area contributed by atoms with Crippen LogP contribution in [0.15, 0.2) is 42.5 Å². The molecule has 1 unspecified atom stereocenters. The number of benzene rings is 2. The fraction of sp³-hybridized carbons (Fsp3) is 0.350. The van der Waals surface area contributed by atoms with Gasteiger partial charge in [-0.3, -0.25) is 9.10 Å². The second-order valence-electron chi connectivity index (χ2n) is 6.98. The van der Waals surface area contributed by atoms with Gasteiger partial charge in [0.2, 0.25) is 15.9 Å². The normalized spacial score (nSPS) is 16.1. The van der Waals surface area contributed by atoms with E-state index in [4.69, 9.17) is 0 Å². The minimum absolute atomic E-state index is 0.000483. The lowest BCUT2D eigenvalue weighted by molar-refractivity contribution is -0.118. The van der Waals surface area contributed by atoms with Crippen LogP contribution in [0.4, 0.5) is 20.2 Å². The minimum atomic E-state index is -3.70. The Balaban J connectivity index is 1.69. The van der Waals surface area contributed by atoms with Crippen LogP contribution in [0, 0.1) is 11.6 Å². The molecule has 1 aliphatic rings. The topological polar surface area (TPSA) is 57.7 Å². The lowest BCUT2D eigenvalue weighted by Gasteiger charge is -2.25. The monoisotopic (exact) mass is 408 g/mol. The molecule has 2 aromatic carbocycles. The van der Waals surface area contributed by atoms with Gasteiger partial charge in [0, 0.05) is 30.8 Å². The maximum absolute atomic E-state index is 13.5. The summed E-state index contributed by atoms with van der Waals surface area (Å²) in [6.45, 7) is 1.97. The van der Waals surface area contributed by atoms with E-state index in [2.05, 4.69) is 0 Å². The summed E-state index contributed by atoms with van der Waals surface area (Å²) in [5.74, 6) is -2.25. The second kappa shape index (κ2) is 7.87. The number of amides is 1. The van der Waals surface area contributed by atoms with Gasteiger partial charge in [0.05, 0.1) is 11.9 Å². The molecule has 1 atom stereocenters. The van der Waals surface area contributed by atoms with Crippen molar-refractivity contribution in [1.82, 2.24) is 0 Å². The van der Waals surface area contributed by atoms with Gasteiger partial charge in [0.25, 0.3) is 0 Å². The van der Waals surface area contributed by atoms with Crippen molar-refractivity contribution < 1.29 is 22.0 Å². The Morgan fingerprint density at radius 2 is 1.89 bits per heavy atom. The minimum Gasteiger partial charge on any atom is -0.309 e. The van der Waals surface area contributed by atoms with E-state index < -0.39 is 21.7 Å². The largest absolute Gasteiger partial charge is 0.309 e. The molecule has 1 heterocycles. The van der Waals surface area contributed by atoms with Crippen molar-refractivity contribution in [2.75, 3.05) is 22.0 Å². The molecule has 28 heavy (non-hydrogen) atoms. The summed E-state index contributed by atoms with van der Waals surface area (Å²) in [5.41, 5.74) is 2.04. The zero-order valence-corrected chi connectivity index (χ0v) is 16.5. The Bertz CT molecular complexity index is 995. The van der Waals surface area contributed by atoms with Gasteiger partial charge in [-0.2, -0.15) is 0 Å². The maximum Gasteiger partial charge on any atom is 0.232 e. The molecule has 8 heteroatoms. The number of carbonyl (C=O) groups is 1. The van der Waals surface area contributed by atoms with Crippen LogP contribution in [0.5, 0.6) is 0 Å². The smallest absolute Gasteiger partial charge is 0.232 e. The fourth-order valence-electron chi connectivity index (χ4n) is 3.57. The van der Waals surface area contributed by atoms with Crippen molar-refractivity contribution in [1.29, 1.82) is 0 Å². The number of anilines is 2. The number of halogens is 2. The molecule has 0 radical (unpaired) electrons. The Kier molecular flexibility index (Phi) is 5.69. The van der Waals surface area contributed by atoms with Gasteiger partial charge in [-0.15, -0.1) is 0 Å². The zero-order valence-electron chi connectivity index (χ0n) is 15.7. The molecule has 0 aliphatic carbocycles. The molecule has 0 saturated carbocycles. The average molecular weight is 408 g/mol. The third kappa shape index (κ3) is 4.16. The van der Waals surface area contributed by atoms with Crippen molar-refractivity contribution in [2.45, 2.75) is 32.2 Å². The number of hydrogen-bond donors (Lipinski definition) is 0. The van der Waals surface area contributed by atoms with E-state index in [-0.39, 0.29) is 37.0 Å². The third-order valence-electron chi connectivity index (χ3n) is 4.82. The van der Waals surface area contributed by atoms with E-state index in [1.165, 1.54) is 6.07 Å². The van der Waals surface area contributed by atoms with Gasteiger partial charge in [0.15, 0.2) is 11.6 Å². The van der Waals surface area contributed by atoms with Crippen molar-refractivity contribution in [2.24, 2.45) is 0 Å². The number of para-hydroxylation sites is 1. The molecule has 0 fully saturated rings. The quantitative estimate of drug-likeness (QED) is 0.735. The van der Waals surface area contributed by atoms with E-state index in [1.54, 1.807) is 4.90 Å². The van der Waals surface area contributed by atoms with Crippen molar-refractivity contribution in [3.05, 3.63) is 59.7 Å². The first kappa shape index (κ1) is 20.3. The lowest BCUT2D eigenvalue weighted by atomic mass is 10.1. The molecule has 150 valence electrons. The molecule has 2 aromatic rings. The highest BCUT2D eigenvalue weighted by Crippen LogP contribution is 2.32. The fourth-order valence-corrected chi connectivity index (χ4v) is 4.52. The molecule has 1 aliphatic heterocycles. The van der Waals surface area contributed by atoms with Gasteiger partial charge in [0.1, 0.15) is 0 Å². The Morgan fingerprint density at radius 1 is 1.18 bits per heavy atom. The molecule has 1 amide bonds. The maximum atomic E-state index is 13.5. The molecule has 5 nitrogen and oxygen atoms in total. The summed E-state index contributed by atoms with van der Waals surface area (Å²) in [7, 11) is -3.70. The van der Waals surface area contributed by atoms with Crippen LogP contribution < -0.4 is 9.21 Å². The summed E-state index contributed by atoms with van der Waals surface area (Å²) in [4.78, 5) is 14.5. The molecule has 0 spiro atoms. The van der Waals surface area contributed by atoms with E-state index in [0.29, 0.717) is 0 Å². The highest BCUT2D eigenvalue weighted by Gasteiger charge is 2.30. The van der Waals surface area contributed by atoms with Gasteiger partial charge >= 0.3 is 0 Å². The second-order valence-corrected chi connectivity index (χ2v) is 8.89. The summed E-state index contributed by atoms with van der Waals surface area (Å²) in [6, 6.07) is 10.7. The van der Waals surface area contributed by atoms with Crippen molar-refractivity contribution in [3.63, 3.8) is 0 Å². The first-order chi connectivity index (χ1) is 13.2. The van der Waals surface area contributed by atoms with Crippen molar-refractivity contribution in [3.8, 4) is 0 Å².